The minimum Gasteiger partial charge on any atom is -0.350 e. The number of carbonyl (C=O) groups excluding carboxylic acids is 1. The number of sulfonamides is 1. The van der Waals surface area contributed by atoms with E-state index in [1.165, 1.54) is 28.8 Å². The van der Waals surface area contributed by atoms with Crippen LogP contribution in [-0.4, -0.2) is 44.0 Å². The van der Waals surface area contributed by atoms with E-state index in [0.717, 1.165) is 0 Å². The van der Waals surface area contributed by atoms with Crippen molar-refractivity contribution in [1.29, 1.82) is 0 Å². The minimum atomic E-state index is -3.16. The fraction of sp³-hybridized carbons (Fsp3) is 0.400. The van der Waals surface area contributed by atoms with E-state index in [1.54, 1.807) is 18.2 Å². The molecular weight excluding hydrogens is 307 g/mol. The van der Waals surface area contributed by atoms with E-state index in [4.69, 9.17) is 0 Å². The summed E-state index contributed by atoms with van der Waals surface area (Å²) in [7, 11) is -3.16. The van der Waals surface area contributed by atoms with Gasteiger partial charge in [-0.3, -0.25) is 4.79 Å². The maximum atomic E-state index is 13.0. The number of halogens is 1. The standard InChI is InChI=1S/C15H19FN2O3S/c1-22(20,21)18-9-7-14(8-10-18)17-15(19)6-5-12-3-2-4-13(16)11-12/h2-6,11,14H,7-10H2,1H3,(H,17,19)/b6-5+. The topological polar surface area (TPSA) is 66.5 Å². The normalized spacial score (nSPS) is 17.7. The summed E-state index contributed by atoms with van der Waals surface area (Å²) >= 11 is 0. The molecule has 0 bridgehead atoms. The van der Waals surface area contributed by atoms with E-state index in [9.17, 15) is 17.6 Å². The van der Waals surface area contributed by atoms with Crippen molar-refractivity contribution in [2.24, 2.45) is 0 Å². The Morgan fingerprint density at radius 2 is 2.05 bits per heavy atom. The lowest BCUT2D eigenvalue weighted by atomic mass is 10.1. The van der Waals surface area contributed by atoms with Crippen LogP contribution in [0.3, 0.4) is 0 Å². The van der Waals surface area contributed by atoms with Gasteiger partial charge in [0.15, 0.2) is 0 Å². The van der Waals surface area contributed by atoms with Crippen molar-refractivity contribution in [2.75, 3.05) is 19.3 Å². The van der Waals surface area contributed by atoms with Gasteiger partial charge in [0.2, 0.25) is 15.9 Å². The Hall–Kier alpha value is -1.73. The predicted octanol–water partition coefficient (Wildman–Crippen LogP) is 1.38. The summed E-state index contributed by atoms with van der Waals surface area (Å²) in [5.41, 5.74) is 0.613. The van der Waals surface area contributed by atoms with Crippen molar-refractivity contribution in [2.45, 2.75) is 18.9 Å². The lowest BCUT2D eigenvalue weighted by molar-refractivity contribution is -0.117. The van der Waals surface area contributed by atoms with Crippen LogP contribution in [0.5, 0.6) is 0 Å². The monoisotopic (exact) mass is 326 g/mol. The van der Waals surface area contributed by atoms with E-state index < -0.39 is 10.0 Å². The van der Waals surface area contributed by atoms with Crippen LogP contribution in [0.4, 0.5) is 4.39 Å². The van der Waals surface area contributed by atoms with Crippen molar-refractivity contribution < 1.29 is 17.6 Å². The molecule has 1 amide bonds. The summed E-state index contributed by atoms with van der Waals surface area (Å²) in [6.45, 7) is 0.828. The van der Waals surface area contributed by atoms with Gasteiger partial charge in [0, 0.05) is 25.2 Å². The molecule has 1 aliphatic rings. The van der Waals surface area contributed by atoms with Gasteiger partial charge < -0.3 is 5.32 Å². The summed E-state index contributed by atoms with van der Waals surface area (Å²) < 4.78 is 37.2. The summed E-state index contributed by atoms with van der Waals surface area (Å²) in [4.78, 5) is 11.8. The average Bonchev–Trinajstić information content (AvgIpc) is 2.45. The first-order valence-corrected chi connectivity index (χ1v) is 8.89. The largest absolute Gasteiger partial charge is 0.350 e. The van der Waals surface area contributed by atoms with Crippen LogP contribution >= 0.6 is 0 Å². The van der Waals surface area contributed by atoms with Crippen LogP contribution < -0.4 is 5.32 Å². The molecule has 1 fully saturated rings. The van der Waals surface area contributed by atoms with Gasteiger partial charge in [-0.25, -0.2) is 17.1 Å². The maximum absolute atomic E-state index is 13.0. The Morgan fingerprint density at radius 1 is 1.36 bits per heavy atom. The third-order valence-electron chi connectivity index (χ3n) is 3.55. The lowest BCUT2D eigenvalue weighted by Crippen LogP contribution is -2.45. The van der Waals surface area contributed by atoms with Crippen LogP contribution in [-0.2, 0) is 14.8 Å². The second kappa shape index (κ2) is 7.02. The molecule has 0 aliphatic carbocycles. The first kappa shape index (κ1) is 16.6. The fourth-order valence-corrected chi connectivity index (χ4v) is 3.24. The number of carbonyl (C=O) groups is 1. The molecule has 0 aromatic heterocycles. The molecule has 1 saturated heterocycles. The number of piperidine rings is 1. The Labute approximate surface area is 129 Å². The minimum absolute atomic E-state index is 0.0392. The van der Waals surface area contributed by atoms with Crippen LogP contribution in [0.2, 0.25) is 0 Å². The number of rotatable bonds is 4. The molecule has 1 aromatic rings. The van der Waals surface area contributed by atoms with Gasteiger partial charge >= 0.3 is 0 Å². The van der Waals surface area contributed by atoms with Crippen molar-refractivity contribution in [1.82, 2.24) is 9.62 Å². The number of nitrogens with one attached hydrogen (secondary N) is 1. The van der Waals surface area contributed by atoms with Crippen molar-refractivity contribution in [3.05, 3.63) is 41.7 Å². The van der Waals surface area contributed by atoms with Crippen LogP contribution in [0.25, 0.3) is 6.08 Å². The number of nitrogens with zero attached hydrogens (tertiary/aromatic N) is 1. The van der Waals surface area contributed by atoms with Crippen LogP contribution in [0.1, 0.15) is 18.4 Å². The van der Waals surface area contributed by atoms with Gasteiger partial charge in [-0.05, 0) is 36.6 Å². The Kier molecular flexibility index (Phi) is 5.31. The third kappa shape index (κ3) is 4.92. The maximum Gasteiger partial charge on any atom is 0.244 e. The smallest absolute Gasteiger partial charge is 0.244 e. The lowest BCUT2D eigenvalue weighted by Gasteiger charge is -2.30. The predicted molar refractivity (Wildman–Crippen MR) is 83.0 cm³/mol. The molecule has 0 radical (unpaired) electrons. The number of amides is 1. The highest BCUT2D eigenvalue weighted by Gasteiger charge is 2.25. The van der Waals surface area contributed by atoms with E-state index in [0.29, 0.717) is 31.5 Å². The van der Waals surface area contributed by atoms with Gasteiger partial charge in [0.05, 0.1) is 6.26 Å². The fourth-order valence-electron chi connectivity index (χ4n) is 2.36. The van der Waals surface area contributed by atoms with E-state index >= 15 is 0 Å². The first-order valence-electron chi connectivity index (χ1n) is 7.04. The Bertz CT molecular complexity index is 665. The van der Waals surface area contributed by atoms with Gasteiger partial charge in [-0.1, -0.05) is 12.1 Å². The molecule has 5 nitrogen and oxygen atoms in total. The molecule has 1 N–H and O–H groups in total. The summed E-state index contributed by atoms with van der Waals surface area (Å²) in [6.07, 6.45) is 5.27. The highest BCUT2D eigenvalue weighted by molar-refractivity contribution is 7.88. The summed E-state index contributed by atoms with van der Waals surface area (Å²) in [6, 6.07) is 5.93. The zero-order chi connectivity index (χ0) is 16.2. The molecule has 1 aromatic carbocycles. The van der Waals surface area contributed by atoms with Gasteiger partial charge in [-0.15, -0.1) is 0 Å². The Morgan fingerprint density at radius 3 is 2.64 bits per heavy atom. The van der Waals surface area contributed by atoms with Crippen molar-refractivity contribution in [3.8, 4) is 0 Å². The summed E-state index contributed by atoms with van der Waals surface area (Å²) in [5.74, 6) is -0.613. The van der Waals surface area contributed by atoms with Crippen molar-refractivity contribution in [3.63, 3.8) is 0 Å². The quantitative estimate of drug-likeness (QED) is 0.850. The van der Waals surface area contributed by atoms with Crippen LogP contribution in [0.15, 0.2) is 30.3 Å². The highest BCUT2D eigenvalue weighted by atomic mass is 32.2. The Balaban J connectivity index is 1.83. The zero-order valence-corrected chi connectivity index (χ0v) is 13.1. The molecule has 0 atom stereocenters. The molecule has 7 heteroatoms. The second-order valence-corrected chi connectivity index (χ2v) is 7.32. The zero-order valence-electron chi connectivity index (χ0n) is 12.3. The molecule has 0 saturated carbocycles. The van der Waals surface area contributed by atoms with Gasteiger partial charge in [-0.2, -0.15) is 0 Å². The molecule has 22 heavy (non-hydrogen) atoms. The SMILES string of the molecule is CS(=O)(=O)N1CCC(NC(=O)/C=C/c2cccc(F)c2)CC1. The molecule has 120 valence electrons. The van der Waals surface area contributed by atoms with Crippen molar-refractivity contribution >= 4 is 22.0 Å². The summed E-state index contributed by atoms with van der Waals surface area (Å²) in [5, 5.41) is 2.83. The van der Waals surface area contributed by atoms with E-state index in [2.05, 4.69) is 5.32 Å². The average molecular weight is 326 g/mol. The molecule has 0 unspecified atom stereocenters. The first-order chi connectivity index (χ1) is 10.3. The second-order valence-electron chi connectivity index (χ2n) is 5.33. The number of hydrogen-bond acceptors (Lipinski definition) is 3. The number of benzene rings is 1. The number of hydrogen-bond donors (Lipinski definition) is 1. The molecule has 0 spiro atoms. The van der Waals surface area contributed by atoms with Gasteiger partial charge in [0.1, 0.15) is 5.82 Å². The highest BCUT2D eigenvalue weighted by Crippen LogP contribution is 2.13. The van der Waals surface area contributed by atoms with E-state index in [-0.39, 0.29) is 17.8 Å². The molecular formula is C15H19FN2O3S. The molecule has 1 aliphatic heterocycles. The molecule has 1 heterocycles. The van der Waals surface area contributed by atoms with Gasteiger partial charge in [0.25, 0.3) is 0 Å². The third-order valence-corrected chi connectivity index (χ3v) is 4.85. The van der Waals surface area contributed by atoms with E-state index in [1.807, 2.05) is 0 Å². The van der Waals surface area contributed by atoms with Crippen LogP contribution in [0, 0.1) is 5.82 Å². The molecule has 2 rings (SSSR count).